The van der Waals surface area contributed by atoms with E-state index in [4.69, 9.17) is 26.8 Å². The van der Waals surface area contributed by atoms with Crippen LogP contribution in [-0.2, 0) is 15.7 Å². The maximum Gasteiger partial charge on any atom is 0.436 e. The van der Waals surface area contributed by atoms with Gasteiger partial charge in [-0.1, -0.05) is 23.7 Å². The van der Waals surface area contributed by atoms with Gasteiger partial charge in [0, 0.05) is 41.1 Å². The van der Waals surface area contributed by atoms with Gasteiger partial charge in [0.25, 0.3) is 11.5 Å². The van der Waals surface area contributed by atoms with Crippen LogP contribution in [0.1, 0.15) is 48.3 Å². The van der Waals surface area contributed by atoms with E-state index in [1.807, 2.05) is 0 Å². The van der Waals surface area contributed by atoms with E-state index < -0.39 is 41.1 Å². The van der Waals surface area contributed by atoms with E-state index in [9.17, 15) is 31.9 Å². The van der Waals surface area contributed by atoms with E-state index in [0.717, 1.165) is 40.7 Å². The largest absolute Gasteiger partial charge is 0.495 e. The van der Waals surface area contributed by atoms with Crippen molar-refractivity contribution < 1.29 is 36.6 Å². The molecule has 1 fully saturated rings. The number of aromatic nitrogens is 4. The number of carbonyl (C=O) groups is 2. The smallest absolute Gasteiger partial charge is 0.436 e. The van der Waals surface area contributed by atoms with Crippen LogP contribution in [0.2, 0.25) is 5.02 Å². The number of carbonyl (C=O) groups excluding carboxylic acids is 2. The van der Waals surface area contributed by atoms with E-state index in [-0.39, 0.29) is 45.3 Å². The first-order valence-corrected chi connectivity index (χ1v) is 14.3. The van der Waals surface area contributed by atoms with Crippen molar-refractivity contribution in [2.24, 2.45) is 5.73 Å². The van der Waals surface area contributed by atoms with Gasteiger partial charge in [0.1, 0.15) is 17.6 Å². The maximum absolute atomic E-state index is 14.2. The van der Waals surface area contributed by atoms with Gasteiger partial charge in [-0.25, -0.2) is 9.07 Å². The van der Waals surface area contributed by atoms with Gasteiger partial charge in [-0.2, -0.15) is 13.2 Å². The van der Waals surface area contributed by atoms with Crippen molar-refractivity contribution >= 4 is 29.1 Å². The molecule has 1 saturated heterocycles. The second-order valence-corrected chi connectivity index (χ2v) is 10.4. The molecule has 0 unspecified atom stereocenters. The number of benzene rings is 2. The quantitative estimate of drug-likeness (QED) is 0.240. The fourth-order valence-electron chi connectivity index (χ4n) is 4.62. The summed E-state index contributed by atoms with van der Waals surface area (Å²) in [6.45, 7) is 3.64. The predicted octanol–water partition coefficient (Wildman–Crippen LogP) is 5.40. The molecular weight excluding hydrogens is 636 g/mol. The van der Waals surface area contributed by atoms with Crippen molar-refractivity contribution in [2.75, 3.05) is 25.6 Å². The molecule has 2 aromatic heterocycles. The number of halogens is 5. The minimum absolute atomic E-state index is 0.0298. The fourth-order valence-corrected chi connectivity index (χ4v) is 4.79. The maximum atomic E-state index is 14.2. The Kier molecular flexibility index (Phi) is 10.8. The summed E-state index contributed by atoms with van der Waals surface area (Å²) >= 11 is 6.17. The Morgan fingerprint density at radius 3 is 2.37 bits per heavy atom. The van der Waals surface area contributed by atoms with Crippen molar-refractivity contribution in [1.29, 1.82) is 0 Å². The number of ether oxygens (including phenoxy) is 2. The number of anilines is 1. The molecule has 0 radical (unpaired) electrons. The number of alkyl halides is 3. The topological polar surface area (TPSA) is 143 Å². The summed E-state index contributed by atoms with van der Waals surface area (Å²) in [6.07, 6.45) is -0.0713. The van der Waals surface area contributed by atoms with Gasteiger partial charge in [0.05, 0.1) is 30.8 Å². The molecule has 1 atom stereocenters. The Balaban J connectivity index is 0.000000874. The Bertz CT molecular complexity index is 1780. The zero-order valence-corrected chi connectivity index (χ0v) is 25.4. The third kappa shape index (κ3) is 7.90. The second kappa shape index (κ2) is 14.6. The van der Waals surface area contributed by atoms with Crippen LogP contribution in [0.4, 0.5) is 23.2 Å². The summed E-state index contributed by atoms with van der Waals surface area (Å²) in [7, 11) is 1.30. The van der Waals surface area contributed by atoms with Crippen LogP contribution in [0.3, 0.4) is 0 Å². The number of nitrogens with zero attached hydrogens (tertiary/aromatic N) is 4. The zero-order valence-electron chi connectivity index (χ0n) is 24.6. The lowest BCUT2D eigenvalue weighted by molar-refractivity contribution is -0.141. The average Bonchev–Trinajstić information content (AvgIpc) is 3.74. The zero-order chi connectivity index (χ0) is 33.6. The highest BCUT2D eigenvalue weighted by molar-refractivity contribution is 6.31. The lowest BCUT2D eigenvalue weighted by Gasteiger charge is -2.21. The Hall–Kier alpha value is -4.76. The van der Waals surface area contributed by atoms with Gasteiger partial charge in [-0.3, -0.25) is 19.0 Å². The molecule has 11 nitrogen and oxygen atoms in total. The van der Waals surface area contributed by atoms with Crippen molar-refractivity contribution in [1.82, 2.24) is 19.6 Å². The number of methoxy groups -OCH3 is 1. The summed E-state index contributed by atoms with van der Waals surface area (Å²) in [4.78, 5) is 37.6. The van der Waals surface area contributed by atoms with Gasteiger partial charge in [-0.05, 0) is 55.7 Å². The lowest BCUT2D eigenvalue weighted by atomic mass is 10.0. The average molecular weight is 665 g/mol. The van der Waals surface area contributed by atoms with Gasteiger partial charge >= 0.3 is 6.18 Å². The van der Waals surface area contributed by atoms with Crippen LogP contribution >= 0.6 is 11.6 Å². The highest BCUT2D eigenvalue weighted by atomic mass is 35.5. The van der Waals surface area contributed by atoms with Crippen molar-refractivity contribution in [2.45, 2.75) is 38.4 Å². The molecule has 2 amide bonds. The van der Waals surface area contributed by atoms with Crippen LogP contribution in [0.5, 0.6) is 5.75 Å². The monoisotopic (exact) mass is 664 g/mol. The normalized spacial score (nSPS) is 13.5. The van der Waals surface area contributed by atoms with E-state index in [1.54, 1.807) is 6.92 Å². The van der Waals surface area contributed by atoms with Crippen molar-refractivity contribution in [3.05, 3.63) is 87.3 Å². The molecule has 0 aliphatic carbocycles. The Labute approximate surface area is 264 Å². The molecule has 0 spiro atoms. The number of nitrogens with two attached hydrogens (primary N) is 1. The molecule has 4 aromatic rings. The highest BCUT2D eigenvalue weighted by Crippen LogP contribution is 2.36. The first-order valence-electron chi connectivity index (χ1n) is 13.9. The summed E-state index contributed by atoms with van der Waals surface area (Å²) < 4.78 is 66.0. The summed E-state index contributed by atoms with van der Waals surface area (Å²) in [6, 6.07) is 7.65. The van der Waals surface area contributed by atoms with Crippen LogP contribution in [0, 0.1) is 5.82 Å². The van der Waals surface area contributed by atoms with Gasteiger partial charge in [0.15, 0.2) is 5.69 Å². The molecule has 3 N–H and O–H groups in total. The number of rotatable bonds is 8. The minimum atomic E-state index is -4.73. The second-order valence-electron chi connectivity index (χ2n) is 10.0. The fraction of sp³-hybridized carbons (Fsp3) is 0.300. The third-order valence-electron chi connectivity index (χ3n) is 6.90. The van der Waals surface area contributed by atoms with Gasteiger partial charge < -0.3 is 20.5 Å². The number of hydrogen-bond donors (Lipinski definition) is 2. The van der Waals surface area contributed by atoms with Crippen LogP contribution in [0.25, 0.3) is 16.8 Å². The molecule has 16 heteroatoms. The molecule has 1 aliphatic rings. The number of amides is 2. The van der Waals surface area contributed by atoms with Gasteiger partial charge in [-0.15, -0.1) is 5.10 Å². The van der Waals surface area contributed by atoms with Crippen LogP contribution < -0.4 is 21.3 Å². The summed E-state index contributed by atoms with van der Waals surface area (Å²) in [5, 5.41) is 9.45. The molecule has 3 heterocycles. The first-order chi connectivity index (χ1) is 21.8. The Morgan fingerprint density at radius 2 is 1.83 bits per heavy atom. The van der Waals surface area contributed by atoms with E-state index in [0.29, 0.717) is 6.20 Å². The SMILES string of the molecule is C1CCOC1.CC[C@@H](C(=O)Nc1ccc(C(N)=O)c(F)c1)n1cc(OC)c(-c2cc(Cl)ccc2-n2cc(C(F)(F)F)nn2)cc1=O. The molecule has 46 heavy (non-hydrogen) atoms. The number of nitrogens with one attached hydrogen (secondary N) is 1. The third-order valence-corrected chi connectivity index (χ3v) is 7.13. The molecule has 0 saturated carbocycles. The standard InChI is InChI=1S/C26H21ClF4N6O4.C4H8O/c1-3-19(25(40)33-14-5-6-15(24(32)39)18(28)9-14)36-11-21(41-2)17(10-23(36)38)16-8-13(27)4-7-20(16)37-12-22(34-35-37)26(29,30)31;1-2-4-5-3-1/h4-12,19H,3H2,1-2H3,(H2,32,39)(H,33,40);1-4H2/t19-;/m0./s1. The van der Waals surface area contributed by atoms with E-state index in [1.165, 1.54) is 50.4 Å². The summed E-state index contributed by atoms with van der Waals surface area (Å²) in [5.41, 5.74) is 3.40. The number of pyridine rings is 1. The van der Waals surface area contributed by atoms with Crippen molar-refractivity contribution in [3.63, 3.8) is 0 Å². The number of primary amides is 1. The minimum Gasteiger partial charge on any atom is -0.495 e. The Morgan fingerprint density at radius 1 is 1.11 bits per heavy atom. The van der Waals surface area contributed by atoms with Crippen molar-refractivity contribution in [3.8, 4) is 22.6 Å². The van der Waals surface area contributed by atoms with Gasteiger partial charge in [0.2, 0.25) is 5.91 Å². The molecule has 244 valence electrons. The summed E-state index contributed by atoms with van der Waals surface area (Å²) in [5.74, 6) is -2.48. The first kappa shape index (κ1) is 34.1. The lowest BCUT2D eigenvalue weighted by Crippen LogP contribution is -2.32. The number of hydrogen-bond acceptors (Lipinski definition) is 7. The predicted molar refractivity (Wildman–Crippen MR) is 161 cm³/mol. The molecule has 0 bridgehead atoms. The molecule has 5 rings (SSSR count). The van der Waals surface area contributed by atoms with Crippen LogP contribution in [-0.4, -0.2) is 51.7 Å². The van der Waals surface area contributed by atoms with E-state index in [2.05, 4.69) is 15.6 Å². The van der Waals surface area contributed by atoms with E-state index >= 15 is 0 Å². The highest BCUT2D eigenvalue weighted by Gasteiger charge is 2.35. The molecule has 2 aromatic carbocycles. The molecular formula is C30H29ClF4N6O5. The van der Waals surface area contributed by atoms with Crippen LogP contribution in [0.15, 0.2) is 59.7 Å². The molecule has 1 aliphatic heterocycles.